The molecule has 124 valence electrons. The Morgan fingerprint density at radius 1 is 1.33 bits per heavy atom. The molecule has 2 aliphatic rings. The van der Waals surface area contributed by atoms with E-state index in [1.54, 1.807) is 0 Å². The average molecular weight is 316 g/mol. The Hall–Kier alpha value is 0.230. The summed E-state index contributed by atoms with van der Waals surface area (Å²) in [6.07, 6.45) is 5.12. The summed E-state index contributed by atoms with van der Waals surface area (Å²) in [4.78, 5) is 0. The molecule has 0 aliphatic carbocycles. The minimum atomic E-state index is 0.164. The summed E-state index contributed by atoms with van der Waals surface area (Å²) in [6.45, 7) is 8.67. The molecule has 0 aromatic heterocycles. The van der Waals surface area contributed by atoms with E-state index >= 15 is 0 Å². The summed E-state index contributed by atoms with van der Waals surface area (Å²) in [5, 5.41) is 3.72. The summed E-state index contributed by atoms with van der Waals surface area (Å²) in [6, 6.07) is 0.454. The highest BCUT2D eigenvalue weighted by molar-refractivity contribution is 7.99. The third-order valence-corrected chi connectivity index (χ3v) is 6.15. The first-order valence-corrected chi connectivity index (χ1v) is 9.75. The quantitative estimate of drug-likeness (QED) is 0.814. The van der Waals surface area contributed by atoms with E-state index in [4.69, 9.17) is 9.47 Å². The van der Waals surface area contributed by atoms with Crippen LogP contribution in [0.1, 0.15) is 46.5 Å². The Morgan fingerprint density at radius 3 is 2.62 bits per heavy atom. The monoisotopic (exact) mass is 315 g/mol. The van der Waals surface area contributed by atoms with Crippen LogP contribution in [-0.2, 0) is 9.47 Å². The van der Waals surface area contributed by atoms with Crippen molar-refractivity contribution in [2.24, 2.45) is 11.8 Å². The first-order chi connectivity index (χ1) is 10.1. The molecule has 0 saturated carbocycles. The Balaban J connectivity index is 2.08. The molecule has 1 N–H and O–H groups in total. The van der Waals surface area contributed by atoms with Crippen LogP contribution in [0.3, 0.4) is 0 Å². The minimum Gasteiger partial charge on any atom is -0.380 e. The summed E-state index contributed by atoms with van der Waals surface area (Å²) in [7, 11) is 1.86. The van der Waals surface area contributed by atoms with E-state index in [0.717, 1.165) is 13.2 Å². The number of ether oxygens (including phenoxy) is 2. The van der Waals surface area contributed by atoms with Crippen molar-refractivity contribution in [2.75, 3.05) is 31.8 Å². The maximum absolute atomic E-state index is 6.26. The minimum absolute atomic E-state index is 0.164. The number of rotatable bonds is 6. The second kappa shape index (κ2) is 8.19. The molecule has 0 radical (unpaired) electrons. The molecule has 0 amide bonds. The summed E-state index contributed by atoms with van der Waals surface area (Å²) < 4.78 is 12.1. The van der Waals surface area contributed by atoms with Gasteiger partial charge in [-0.1, -0.05) is 20.8 Å². The van der Waals surface area contributed by atoms with Crippen molar-refractivity contribution in [1.29, 1.82) is 0 Å². The predicted molar refractivity (Wildman–Crippen MR) is 91.1 cm³/mol. The standard InChI is InChI=1S/C17H33NO2S/c1-5-18-15(16(19-4)13(2)3)14-6-9-20-17(12-14)7-10-21-11-8-17/h13-16,18H,5-12H2,1-4H3. The smallest absolute Gasteiger partial charge is 0.0749 e. The lowest BCUT2D eigenvalue weighted by atomic mass is 9.76. The third kappa shape index (κ3) is 4.37. The molecular formula is C17H33NO2S. The lowest BCUT2D eigenvalue weighted by Gasteiger charge is -2.47. The van der Waals surface area contributed by atoms with Crippen molar-refractivity contribution in [2.45, 2.75) is 64.2 Å². The molecule has 3 unspecified atom stereocenters. The molecule has 1 spiro atoms. The molecular weight excluding hydrogens is 282 g/mol. The maximum Gasteiger partial charge on any atom is 0.0749 e. The normalized spacial score (nSPS) is 28.7. The van der Waals surface area contributed by atoms with Gasteiger partial charge < -0.3 is 14.8 Å². The fourth-order valence-electron chi connectivity index (χ4n) is 4.08. The Bertz CT molecular complexity index is 300. The van der Waals surface area contributed by atoms with E-state index in [1.165, 1.54) is 37.2 Å². The average Bonchev–Trinajstić information content (AvgIpc) is 2.47. The molecule has 3 atom stereocenters. The summed E-state index contributed by atoms with van der Waals surface area (Å²) >= 11 is 2.08. The Morgan fingerprint density at radius 2 is 2.05 bits per heavy atom. The van der Waals surface area contributed by atoms with Crippen molar-refractivity contribution in [3.8, 4) is 0 Å². The molecule has 2 rings (SSSR count). The zero-order valence-electron chi connectivity index (χ0n) is 14.2. The van der Waals surface area contributed by atoms with E-state index < -0.39 is 0 Å². The molecule has 2 heterocycles. The molecule has 21 heavy (non-hydrogen) atoms. The van der Waals surface area contributed by atoms with Gasteiger partial charge in [-0.25, -0.2) is 0 Å². The van der Waals surface area contributed by atoms with Gasteiger partial charge in [-0.2, -0.15) is 11.8 Å². The van der Waals surface area contributed by atoms with Crippen LogP contribution in [0.2, 0.25) is 0 Å². The second-order valence-electron chi connectivity index (χ2n) is 6.92. The molecule has 2 aliphatic heterocycles. The van der Waals surface area contributed by atoms with Gasteiger partial charge in [0.05, 0.1) is 11.7 Å². The van der Waals surface area contributed by atoms with Gasteiger partial charge in [0.15, 0.2) is 0 Å². The van der Waals surface area contributed by atoms with Gasteiger partial charge in [0.25, 0.3) is 0 Å². The van der Waals surface area contributed by atoms with Crippen LogP contribution in [0.15, 0.2) is 0 Å². The Kier molecular flexibility index (Phi) is 6.85. The summed E-state index contributed by atoms with van der Waals surface area (Å²) in [5.41, 5.74) is 0.164. The fourth-order valence-corrected chi connectivity index (χ4v) is 5.32. The number of hydrogen-bond donors (Lipinski definition) is 1. The molecule has 4 heteroatoms. The first kappa shape index (κ1) is 17.6. The molecule has 2 saturated heterocycles. The van der Waals surface area contributed by atoms with Crippen molar-refractivity contribution < 1.29 is 9.47 Å². The van der Waals surface area contributed by atoms with Gasteiger partial charge in [0.2, 0.25) is 0 Å². The van der Waals surface area contributed by atoms with Crippen molar-refractivity contribution in [3.05, 3.63) is 0 Å². The van der Waals surface area contributed by atoms with Gasteiger partial charge >= 0.3 is 0 Å². The van der Waals surface area contributed by atoms with Crippen molar-refractivity contribution in [1.82, 2.24) is 5.32 Å². The molecule has 0 bridgehead atoms. The van der Waals surface area contributed by atoms with E-state index in [0.29, 0.717) is 24.0 Å². The highest BCUT2D eigenvalue weighted by Gasteiger charge is 2.43. The van der Waals surface area contributed by atoms with Gasteiger partial charge in [-0.15, -0.1) is 0 Å². The number of methoxy groups -OCH3 is 1. The highest BCUT2D eigenvalue weighted by Crippen LogP contribution is 2.41. The van der Waals surface area contributed by atoms with Crippen LogP contribution in [0.5, 0.6) is 0 Å². The van der Waals surface area contributed by atoms with Gasteiger partial charge in [-0.05, 0) is 55.6 Å². The predicted octanol–water partition coefficient (Wildman–Crippen LogP) is 3.33. The third-order valence-electron chi connectivity index (χ3n) is 5.17. The number of thioether (sulfide) groups is 1. The summed E-state index contributed by atoms with van der Waals surface area (Å²) in [5.74, 6) is 3.74. The SMILES string of the molecule is CCNC(C1CCOC2(CCSCC2)C1)C(OC)C(C)C. The van der Waals surface area contributed by atoms with E-state index in [-0.39, 0.29) is 5.60 Å². The van der Waals surface area contributed by atoms with Crippen LogP contribution in [0, 0.1) is 11.8 Å². The molecule has 3 nitrogen and oxygen atoms in total. The van der Waals surface area contributed by atoms with E-state index in [1.807, 2.05) is 7.11 Å². The lowest BCUT2D eigenvalue weighted by Crippen LogP contribution is -2.54. The fraction of sp³-hybridized carbons (Fsp3) is 1.00. The first-order valence-electron chi connectivity index (χ1n) is 8.60. The Labute approximate surface area is 134 Å². The largest absolute Gasteiger partial charge is 0.380 e. The zero-order chi connectivity index (χ0) is 15.3. The van der Waals surface area contributed by atoms with Crippen LogP contribution in [-0.4, -0.2) is 49.5 Å². The van der Waals surface area contributed by atoms with Crippen molar-refractivity contribution in [3.63, 3.8) is 0 Å². The topological polar surface area (TPSA) is 30.5 Å². The number of nitrogens with one attached hydrogen (secondary N) is 1. The van der Waals surface area contributed by atoms with E-state index in [9.17, 15) is 0 Å². The van der Waals surface area contributed by atoms with Gasteiger partial charge in [0.1, 0.15) is 0 Å². The zero-order valence-corrected chi connectivity index (χ0v) is 15.0. The highest BCUT2D eigenvalue weighted by atomic mass is 32.2. The number of likely N-dealkylation sites (N-methyl/N-ethyl adjacent to an activating group) is 1. The maximum atomic E-state index is 6.26. The second-order valence-corrected chi connectivity index (χ2v) is 8.15. The molecule has 0 aromatic rings. The molecule has 2 fully saturated rings. The van der Waals surface area contributed by atoms with Crippen molar-refractivity contribution >= 4 is 11.8 Å². The van der Waals surface area contributed by atoms with Gasteiger partial charge in [-0.3, -0.25) is 0 Å². The van der Waals surface area contributed by atoms with Crippen LogP contribution in [0.4, 0.5) is 0 Å². The van der Waals surface area contributed by atoms with E-state index in [2.05, 4.69) is 37.8 Å². The lowest BCUT2D eigenvalue weighted by molar-refractivity contribution is -0.117. The van der Waals surface area contributed by atoms with Crippen LogP contribution in [0.25, 0.3) is 0 Å². The number of hydrogen-bond acceptors (Lipinski definition) is 4. The van der Waals surface area contributed by atoms with Crippen LogP contribution >= 0.6 is 11.8 Å². The molecule has 0 aromatic carbocycles. The van der Waals surface area contributed by atoms with Gasteiger partial charge in [0, 0.05) is 19.8 Å². The van der Waals surface area contributed by atoms with Crippen LogP contribution < -0.4 is 5.32 Å².